The van der Waals surface area contributed by atoms with E-state index in [4.69, 9.17) is 0 Å². The van der Waals surface area contributed by atoms with Crippen LogP contribution in [-0.2, 0) is 10.0 Å². The van der Waals surface area contributed by atoms with Gasteiger partial charge in [-0.25, -0.2) is 13.2 Å². The van der Waals surface area contributed by atoms with Crippen molar-refractivity contribution in [3.8, 4) is 0 Å². The molecule has 0 N–H and O–H groups in total. The molecule has 2 amide bonds. The minimum Gasteiger partial charge on any atom is -0.331 e. The summed E-state index contributed by atoms with van der Waals surface area (Å²) < 4.78 is 26.0. The van der Waals surface area contributed by atoms with Crippen LogP contribution < -0.4 is 0 Å². The van der Waals surface area contributed by atoms with Crippen LogP contribution in [-0.4, -0.2) is 62.4 Å². The number of amides is 2. The van der Waals surface area contributed by atoms with Gasteiger partial charge in [0.1, 0.15) is 0 Å². The molecular formula is C12H17N3O3S. The zero-order chi connectivity index (χ0) is 14.0. The number of hydrogen-bond acceptors (Lipinski definition) is 3. The number of rotatable bonds is 2. The Bertz CT molecular complexity index is 557. The van der Waals surface area contributed by atoms with E-state index < -0.39 is 10.0 Å². The smallest absolute Gasteiger partial charge is 0.320 e. The molecule has 1 saturated heterocycles. The molecule has 0 aromatic heterocycles. The molecule has 0 unspecified atom stereocenters. The van der Waals surface area contributed by atoms with Gasteiger partial charge in [-0.05, 0) is 12.1 Å². The molecule has 2 rings (SSSR count). The summed E-state index contributed by atoms with van der Waals surface area (Å²) in [6.07, 6.45) is 0. The maximum atomic E-state index is 12.3. The van der Waals surface area contributed by atoms with Gasteiger partial charge in [-0.15, -0.1) is 0 Å². The zero-order valence-corrected chi connectivity index (χ0v) is 11.8. The van der Waals surface area contributed by atoms with E-state index in [1.54, 1.807) is 44.4 Å². The summed E-state index contributed by atoms with van der Waals surface area (Å²) in [6.45, 7) is 0.855. The first-order valence-corrected chi connectivity index (χ1v) is 7.38. The van der Waals surface area contributed by atoms with Crippen LogP contribution in [0.2, 0.25) is 0 Å². The number of benzene rings is 1. The largest absolute Gasteiger partial charge is 0.331 e. The fraction of sp³-hybridized carbons (Fsp3) is 0.417. The van der Waals surface area contributed by atoms with Gasteiger partial charge in [0.2, 0.25) is 10.0 Å². The van der Waals surface area contributed by atoms with E-state index in [-0.39, 0.29) is 17.6 Å². The van der Waals surface area contributed by atoms with Gasteiger partial charge in [0.15, 0.2) is 0 Å². The zero-order valence-electron chi connectivity index (χ0n) is 11.0. The van der Waals surface area contributed by atoms with E-state index in [1.165, 1.54) is 14.1 Å². The summed E-state index contributed by atoms with van der Waals surface area (Å²) in [6, 6.07) is 8.09. The molecule has 0 atom stereocenters. The van der Waals surface area contributed by atoms with Gasteiger partial charge in [0.05, 0.1) is 11.6 Å². The highest BCUT2D eigenvalue weighted by Gasteiger charge is 2.33. The van der Waals surface area contributed by atoms with Crippen molar-refractivity contribution >= 4 is 16.1 Å². The van der Waals surface area contributed by atoms with Crippen molar-refractivity contribution in [1.29, 1.82) is 0 Å². The van der Waals surface area contributed by atoms with E-state index in [9.17, 15) is 13.2 Å². The average Bonchev–Trinajstić information content (AvgIpc) is 2.89. The van der Waals surface area contributed by atoms with Crippen LogP contribution in [0, 0.1) is 0 Å². The van der Waals surface area contributed by atoms with E-state index in [1.807, 2.05) is 0 Å². The van der Waals surface area contributed by atoms with Crippen LogP contribution >= 0.6 is 0 Å². The fourth-order valence-electron chi connectivity index (χ4n) is 1.94. The Hall–Kier alpha value is -1.60. The third-order valence-corrected chi connectivity index (χ3v) is 4.83. The maximum absolute atomic E-state index is 12.3. The normalized spacial score (nSPS) is 16.6. The molecule has 1 aliphatic heterocycles. The van der Waals surface area contributed by atoms with Crippen LogP contribution in [0.3, 0.4) is 0 Å². The predicted octanol–water partition coefficient (Wildman–Crippen LogP) is 0.632. The van der Waals surface area contributed by atoms with E-state index in [2.05, 4.69) is 0 Å². The second-order valence-corrected chi connectivity index (χ2v) is 6.51. The Morgan fingerprint density at radius 2 is 1.79 bits per heavy atom. The topological polar surface area (TPSA) is 60.9 Å². The Balaban J connectivity index is 2.15. The lowest BCUT2D eigenvalue weighted by atomic mass is 10.4. The first-order valence-electron chi connectivity index (χ1n) is 5.94. The number of sulfonamides is 1. The van der Waals surface area contributed by atoms with Crippen LogP contribution in [0.4, 0.5) is 4.79 Å². The molecular weight excluding hydrogens is 266 g/mol. The van der Waals surface area contributed by atoms with E-state index >= 15 is 0 Å². The second-order valence-electron chi connectivity index (χ2n) is 4.58. The van der Waals surface area contributed by atoms with Crippen molar-refractivity contribution in [2.45, 2.75) is 4.90 Å². The minimum atomic E-state index is -3.51. The number of carbonyl (C=O) groups excluding carboxylic acids is 1. The Morgan fingerprint density at radius 3 is 2.37 bits per heavy atom. The predicted molar refractivity (Wildman–Crippen MR) is 71.0 cm³/mol. The Labute approximate surface area is 113 Å². The molecule has 1 heterocycles. The van der Waals surface area contributed by atoms with Gasteiger partial charge >= 0.3 is 6.03 Å². The molecule has 0 saturated carbocycles. The summed E-state index contributed by atoms with van der Waals surface area (Å²) in [7, 11) is -0.211. The summed E-state index contributed by atoms with van der Waals surface area (Å²) >= 11 is 0. The molecule has 7 heteroatoms. The lowest BCUT2D eigenvalue weighted by Gasteiger charge is -2.21. The summed E-state index contributed by atoms with van der Waals surface area (Å²) in [5.41, 5.74) is 0. The maximum Gasteiger partial charge on any atom is 0.320 e. The molecule has 6 nitrogen and oxygen atoms in total. The third kappa shape index (κ3) is 2.71. The molecule has 0 aliphatic carbocycles. The summed E-state index contributed by atoms with van der Waals surface area (Å²) in [4.78, 5) is 15.0. The molecule has 1 aliphatic rings. The van der Waals surface area contributed by atoms with Gasteiger partial charge in [0, 0.05) is 27.2 Å². The number of carbonyl (C=O) groups is 1. The molecule has 0 spiro atoms. The second kappa shape index (κ2) is 5.18. The van der Waals surface area contributed by atoms with Crippen LogP contribution in [0.5, 0.6) is 0 Å². The van der Waals surface area contributed by atoms with Crippen LogP contribution in [0.15, 0.2) is 35.2 Å². The van der Waals surface area contributed by atoms with Gasteiger partial charge in [-0.3, -0.25) is 0 Å². The first kappa shape index (κ1) is 13.8. The number of nitrogens with zero attached hydrogens (tertiary/aromatic N) is 3. The Kier molecular flexibility index (Phi) is 3.77. The highest BCUT2D eigenvalue weighted by Crippen LogP contribution is 2.19. The minimum absolute atomic E-state index is 0.105. The Morgan fingerprint density at radius 1 is 1.16 bits per heavy atom. The monoisotopic (exact) mass is 283 g/mol. The summed E-state index contributed by atoms with van der Waals surface area (Å²) in [5, 5.41) is 0. The molecule has 1 fully saturated rings. The highest BCUT2D eigenvalue weighted by atomic mass is 32.2. The van der Waals surface area contributed by atoms with Crippen LogP contribution in [0.25, 0.3) is 0 Å². The van der Waals surface area contributed by atoms with Gasteiger partial charge < -0.3 is 9.80 Å². The van der Waals surface area contributed by atoms with Gasteiger partial charge in [-0.2, -0.15) is 4.31 Å². The van der Waals surface area contributed by atoms with Gasteiger partial charge in [-0.1, -0.05) is 18.2 Å². The number of hydrogen-bond donors (Lipinski definition) is 0. The molecule has 1 aromatic rings. The standard InChI is InChI=1S/C12H17N3O3S/c1-13(2)12(16)14-8-9-15(10-14)19(17,18)11-6-4-3-5-7-11/h3-7H,8-10H2,1-2H3. The quantitative estimate of drug-likeness (QED) is 0.800. The van der Waals surface area contributed by atoms with Gasteiger partial charge in [0.25, 0.3) is 0 Å². The van der Waals surface area contributed by atoms with Crippen molar-refractivity contribution in [1.82, 2.24) is 14.1 Å². The SMILES string of the molecule is CN(C)C(=O)N1CCN(S(=O)(=O)c2ccccc2)C1. The average molecular weight is 283 g/mol. The van der Waals surface area contributed by atoms with E-state index in [0.717, 1.165) is 0 Å². The third-order valence-electron chi connectivity index (χ3n) is 2.98. The van der Waals surface area contributed by atoms with Crippen molar-refractivity contribution in [3.63, 3.8) is 0 Å². The fourth-order valence-corrected chi connectivity index (χ4v) is 3.35. The van der Waals surface area contributed by atoms with Crippen LogP contribution in [0.1, 0.15) is 0 Å². The van der Waals surface area contributed by atoms with Crippen molar-refractivity contribution in [2.75, 3.05) is 33.9 Å². The molecule has 0 radical (unpaired) electrons. The van der Waals surface area contributed by atoms with Crippen molar-refractivity contribution in [3.05, 3.63) is 30.3 Å². The summed E-state index contributed by atoms with van der Waals surface area (Å²) in [5.74, 6) is 0. The highest BCUT2D eigenvalue weighted by molar-refractivity contribution is 7.89. The van der Waals surface area contributed by atoms with Crippen molar-refractivity contribution < 1.29 is 13.2 Å². The molecule has 1 aromatic carbocycles. The molecule has 0 bridgehead atoms. The van der Waals surface area contributed by atoms with Crippen molar-refractivity contribution in [2.24, 2.45) is 0 Å². The lowest BCUT2D eigenvalue weighted by molar-refractivity contribution is 0.178. The number of urea groups is 1. The lowest BCUT2D eigenvalue weighted by Crippen LogP contribution is -2.39. The molecule has 19 heavy (non-hydrogen) atoms. The van der Waals surface area contributed by atoms with E-state index in [0.29, 0.717) is 13.1 Å². The molecule has 104 valence electrons. The first-order chi connectivity index (χ1) is 8.93.